The van der Waals surface area contributed by atoms with Gasteiger partial charge in [-0.15, -0.1) is 0 Å². The van der Waals surface area contributed by atoms with E-state index in [1.807, 2.05) is 0 Å². The van der Waals surface area contributed by atoms with Gasteiger partial charge in [-0.3, -0.25) is 4.90 Å². The van der Waals surface area contributed by atoms with Crippen LogP contribution in [0.15, 0.2) is 0 Å². The zero-order chi connectivity index (χ0) is 12.1. The van der Waals surface area contributed by atoms with E-state index >= 15 is 0 Å². The van der Waals surface area contributed by atoms with Crippen molar-refractivity contribution in [2.75, 3.05) is 26.2 Å². The second-order valence-electron chi connectivity index (χ2n) is 7.62. The van der Waals surface area contributed by atoms with Crippen molar-refractivity contribution >= 4 is 0 Å². The summed E-state index contributed by atoms with van der Waals surface area (Å²) in [6.45, 7) is 5.32. The van der Waals surface area contributed by atoms with E-state index in [-0.39, 0.29) is 0 Å². The van der Waals surface area contributed by atoms with Crippen molar-refractivity contribution in [3.05, 3.63) is 0 Å². The minimum atomic E-state index is 0.510. The fourth-order valence-corrected chi connectivity index (χ4v) is 4.74. The Hall–Kier alpha value is -0.0800. The molecule has 0 aromatic carbocycles. The van der Waals surface area contributed by atoms with E-state index in [0.29, 0.717) is 5.54 Å². The molecule has 3 aliphatic carbocycles. The van der Waals surface area contributed by atoms with Crippen LogP contribution in [0, 0.1) is 11.3 Å². The normalized spacial score (nSPS) is 34.7. The van der Waals surface area contributed by atoms with Crippen LogP contribution >= 0.6 is 0 Å². The van der Waals surface area contributed by atoms with Crippen LogP contribution in [-0.4, -0.2) is 36.6 Å². The Labute approximate surface area is 111 Å². The molecule has 0 aromatic heterocycles. The lowest BCUT2D eigenvalue weighted by Gasteiger charge is -2.47. The predicted octanol–water partition coefficient (Wildman–Crippen LogP) is 2.78. The maximum absolute atomic E-state index is 3.87. The Bertz CT molecular complexity index is 306. The molecule has 4 fully saturated rings. The average Bonchev–Trinajstić information content (AvgIpc) is 3.24. The van der Waals surface area contributed by atoms with Gasteiger partial charge in [-0.2, -0.15) is 0 Å². The highest BCUT2D eigenvalue weighted by molar-refractivity contribution is 5.07. The van der Waals surface area contributed by atoms with E-state index in [2.05, 4.69) is 10.2 Å². The quantitative estimate of drug-likeness (QED) is 0.826. The van der Waals surface area contributed by atoms with Gasteiger partial charge in [0.25, 0.3) is 0 Å². The molecule has 2 nitrogen and oxygen atoms in total. The molecule has 3 saturated carbocycles. The van der Waals surface area contributed by atoms with Crippen molar-refractivity contribution in [1.82, 2.24) is 10.2 Å². The molecule has 0 radical (unpaired) electrons. The molecule has 1 heterocycles. The molecule has 102 valence electrons. The first-order valence-corrected chi connectivity index (χ1v) is 8.28. The van der Waals surface area contributed by atoms with E-state index in [4.69, 9.17) is 0 Å². The van der Waals surface area contributed by atoms with Crippen molar-refractivity contribution < 1.29 is 0 Å². The van der Waals surface area contributed by atoms with Crippen molar-refractivity contribution in [3.8, 4) is 0 Å². The predicted molar refractivity (Wildman–Crippen MR) is 74.6 cm³/mol. The Morgan fingerprint density at radius 3 is 2.44 bits per heavy atom. The summed E-state index contributed by atoms with van der Waals surface area (Å²) in [7, 11) is 0. The third-order valence-electron chi connectivity index (χ3n) is 6.14. The van der Waals surface area contributed by atoms with E-state index < -0.39 is 0 Å². The molecule has 0 bridgehead atoms. The standard InChI is InChI=1S/C16H28N2/c1-2-6-16(7-3-1)13-18(11-10-17-16)12-15(8-9-15)14-4-5-14/h14,17H,1-13H2. The molecule has 0 aromatic rings. The number of piperazine rings is 1. The first-order valence-electron chi connectivity index (χ1n) is 8.28. The summed E-state index contributed by atoms with van der Waals surface area (Å²) in [5.41, 5.74) is 1.31. The molecule has 1 aliphatic heterocycles. The zero-order valence-corrected chi connectivity index (χ0v) is 11.7. The van der Waals surface area contributed by atoms with Crippen molar-refractivity contribution in [2.24, 2.45) is 11.3 Å². The Morgan fingerprint density at radius 1 is 1.00 bits per heavy atom. The SMILES string of the molecule is C1CCC2(CC1)CN(CC1(C3CC3)CC1)CCN2. The third kappa shape index (κ3) is 2.12. The van der Waals surface area contributed by atoms with Gasteiger partial charge < -0.3 is 5.32 Å². The lowest BCUT2D eigenvalue weighted by Crippen LogP contribution is -2.61. The van der Waals surface area contributed by atoms with E-state index in [9.17, 15) is 0 Å². The van der Waals surface area contributed by atoms with Crippen molar-refractivity contribution in [2.45, 2.75) is 63.3 Å². The minimum absolute atomic E-state index is 0.510. The monoisotopic (exact) mass is 248 g/mol. The maximum atomic E-state index is 3.87. The van der Waals surface area contributed by atoms with Gasteiger partial charge in [-0.25, -0.2) is 0 Å². The van der Waals surface area contributed by atoms with Gasteiger partial charge in [-0.05, 0) is 49.9 Å². The Balaban J connectivity index is 1.39. The lowest BCUT2D eigenvalue weighted by molar-refractivity contribution is 0.0799. The van der Waals surface area contributed by atoms with E-state index in [1.54, 1.807) is 0 Å². The summed E-state index contributed by atoms with van der Waals surface area (Å²) in [5, 5.41) is 3.87. The molecule has 1 N–H and O–H groups in total. The van der Waals surface area contributed by atoms with Gasteiger partial charge in [0, 0.05) is 31.7 Å². The number of hydrogen-bond donors (Lipinski definition) is 1. The molecule has 0 unspecified atom stereocenters. The Kier molecular flexibility index (Phi) is 2.74. The van der Waals surface area contributed by atoms with Crippen LogP contribution in [0.25, 0.3) is 0 Å². The van der Waals surface area contributed by atoms with E-state index in [0.717, 1.165) is 11.3 Å². The highest BCUT2D eigenvalue weighted by Gasteiger charge is 2.54. The van der Waals surface area contributed by atoms with Gasteiger partial charge in [0.1, 0.15) is 0 Å². The summed E-state index contributed by atoms with van der Waals surface area (Å²) < 4.78 is 0. The molecule has 18 heavy (non-hydrogen) atoms. The molecular weight excluding hydrogens is 220 g/mol. The zero-order valence-electron chi connectivity index (χ0n) is 11.7. The van der Waals surface area contributed by atoms with Crippen LogP contribution in [0.4, 0.5) is 0 Å². The van der Waals surface area contributed by atoms with E-state index in [1.165, 1.54) is 84.0 Å². The third-order valence-corrected chi connectivity index (χ3v) is 6.14. The first kappa shape index (κ1) is 11.7. The second-order valence-corrected chi connectivity index (χ2v) is 7.62. The lowest BCUT2D eigenvalue weighted by atomic mass is 9.80. The van der Waals surface area contributed by atoms with Crippen LogP contribution in [-0.2, 0) is 0 Å². The summed E-state index contributed by atoms with van der Waals surface area (Å²) in [4.78, 5) is 2.83. The molecule has 1 spiro atoms. The fourth-order valence-electron chi connectivity index (χ4n) is 4.74. The highest BCUT2D eigenvalue weighted by atomic mass is 15.2. The topological polar surface area (TPSA) is 15.3 Å². The first-order chi connectivity index (χ1) is 8.80. The Morgan fingerprint density at radius 2 is 1.78 bits per heavy atom. The summed E-state index contributed by atoms with van der Waals surface area (Å²) in [5.74, 6) is 1.12. The molecule has 1 saturated heterocycles. The van der Waals surface area contributed by atoms with Crippen LogP contribution in [0.3, 0.4) is 0 Å². The van der Waals surface area contributed by atoms with Crippen LogP contribution in [0.5, 0.6) is 0 Å². The molecule has 4 aliphatic rings. The summed E-state index contributed by atoms with van der Waals surface area (Å²) in [6, 6.07) is 0. The van der Waals surface area contributed by atoms with Gasteiger partial charge >= 0.3 is 0 Å². The molecule has 2 heteroatoms. The van der Waals surface area contributed by atoms with Crippen LogP contribution < -0.4 is 5.32 Å². The van der Waals surface area contributed by atoms with Crippen molar-refractivity contribution in [3.63, 3.8) is 0 Å². The smallest absolute Gasteiger partial charge is 0.0309 e. The minimum Gasteiger partial charge on any atom is -0.309 e. The molecule has 0 atom stereocenters. The molecule has 0 amide bonds. The van der Waals surface area contributed by atoms with Crippen LogP contribution in [0.1, 0.15) is 57.8 Å². The summed E-state index contributed by atoms with van der Waals surface area (Å²) >= 11 is 0. The van der Waals surface area contributed by atoms with Gasteiger partial charge in [0.2, 0.25) is 0 Å². The number of nitrogens with zero attached hydrogens (tertiary/aromatic N) is 1. The number of rotatable bonds is 3. The largest absolute Gasteiger partial charge is 0.309 e. The second kappa shape index (κ2) is 4.21. The molecular formula is C16H28N2. The fraction of sp³-hybridized carbons (Fsp3) is 1.00. The van der Waals surface area contributed by atoms with Gasteiger partial charge in [0.15, 0.2) is 0 Å². The average molecular weight is 248 g/mol. The van der Waals surface area contributed by atoms with Gasteiger partial charge in [-0.1, -0.05) is 19.3 Å². The maximum Gasteiger partial charge on any atom is 0.0309 e. The number of hydrogen-bond acceptors (Lipinski definition) is 2. The van der Waals surface area contributed by atoms with Crippen molar-refractivity contribution in [1.29, 1.82) is 0 Å². The van der Waals surface area contributed by atoms with Crippen LogP contribution in [0.2, 0.25) is 0 Å². The number of nitrogens with one attached hydrogen (secondary N) is 1. The highest BCUT2D eigenvalue weighted by Crippen LogP contribution is 2.61. The van der Waals surface area contributed by atoms with Gasteiger partial charge in [0.05, 0.1) is 0 Å². The molecule has 4 rings (SSSR count). The summed E-state index contributed by atoms with van der Waals surface area (Å²) in [6.07, 6.45) is 13.4.